The third-order valence-corrected chi connectivity index (χ3v) is 8.37. The number of aromatic nitrogens is 4. The fourth-order valence-electron chi connectivity index (χ4n) is 5.88. The molecule has 0 radical (unpaired) electrons. The smallest absolute Gasteiger partial charge is 0.407 e. The van der Waals surface area contributed by atoms with Crippen LogP contribution in [0.5, 0.6) is 0 Å². The van der Waals surface area contributed by atoms with Crippen molar-refractivity contribution in [2.75, 3.05) is 55.3 Å². The molecule has 14 heteroatoms. The van der Waals surface area contributed by atoms with Crippen molar-refractivity contribution in [3.05, 3.63) is 42.2 Å². The molecule has 3 fully saturated rings. The van der Waals surface area contributed by atoms with Gasteiger partial charge >= 0.3 is 6.09 Å². The highest BCUT2D eigenvalue weighted by Crippen LogP contribution is 2.31. The number of rotatable bonds is 11. The van der Waals surface area contributed by atoms with Gasteiger partial charge in [-0.3, -0.25) is 14.7 Å². The second kappa shape index (κ2) is 13.1. The van der Waals surface area contributed by atoms with Gasteiger partial charge in [0.2, 0.25) is 0 Å². The van der Waals surface area contributed by atoms with Crippen LogP contribution in [0, 0.1) is 5.82 Å². The maximum Gasteiger partial charge on any atom is 0.407 e. The van der Waals surface area contributed by atoms with Crippen molar-refractivity contribution in [3.8, 4) is 0 Å². The maximum absolute atomic E-state index is 14.1. The molecule has 2 saturated carbocycles. The van der Waals surface area contributed by atoms with E-state index in [4.69, 9.17) is 4.74 Å². The molecule has 3 aliphatic rings. The van der Waals surface area contributed by atoms with E-state index < -0.39 is 17.8 Å². The van der Waals surface area contributed by atoms with E-state index >= 15 is 0 Å². The lowest BCUT2D eigenvalue weighted by atomic mass is 9.90. The van der Waals surface area contributed by atoms with Crippen molar-refractivity contribution in [1.29, 1.82) is 0 Å². The summed E-state index contributed by atoms with van der Waals surface area (Å²) in [6, 6.07) is 3.74. The van der Waals surface area contributed by atoms with Crippen LogP contribution in [0.25, 0.3) is 5.65 Å². The molecule has 0 unspecified atom stereocenters. The molecule has 0 spiro atoms. The van der Waals surface area contributed by atoms with Crippen LogP contribution in [-0.2, 0) is 4.74 Å². The summed E-state index contributed by atoms with van der Waals surface area (Å²) >= 11 is 0. The minimum absolute atomic E-state index is 0.0136. The van der Waals surface area contributed by atoms with Crippen molar-refractivity contribution >= 4 is 34.8 Å². The summed E-state index contributed by atoms with van der Waals surface area (Å²) in [5.41, 5.74) is 1.47. The molecule has 230 valence electrons. The van der Waals surface area contributed by atoms with Gasteiger partial charge in [0.05, 0.1) is 37.0 Å². The lowest BCUT2D eigenvalue weighted by Gasteiger charge is -2.36. The van der Waals surface area contributed by atoms with Gasteiger partial charge in [-0.1, -0.05) is 0 Å². The number of fused-ring (bicyclic) bond motifs is 1. The topological polar surface area (TPSA) is 149 Å². The molecule has 6 rings (SSSR count). The van der Waals surface area contributed by atoms with Crippen LogP contribution in [0.3, 0.4) is 0 Å². The SMILES string of the molecule is O=C(Nc1ccncc1F)c1cnc2c(NC3CC3)cc(N[C@H]3CC[C@H](N(CCCN4CCOCC4)C(=O)O)CC3)nn12. The van der Waals surface area contributed by atoms with Gasteiger partial charge < -0.3 is 30.7 Å². The molecular formula is C29H38FN9O4. The van der Waals surface area contributed by atoms with Crippen molar-refractivity contribution in [2.24, 2.45) is 0 Å². The highest BCUT2D eigenvalue weighted by atomic mass is 19.1. The molecule has 3 aromatic heterocycles. The number of anilines is 3. The van der Waals surface area contributed by atoms with Gasteiger partial charge in [-0.15, -0.1) is 5.10 Å². The van der Waals surface area contributed by atoms with E-state index in [0.29, 0.717) is 24.1 Å². The highest BCUT2D eigenvalue weighted by Gasteiger charge is 2.30. The summed E-state index contributed by atoms with van der Waals surface area (Å²) in [5, 5.41) is 24.2. The number of carbonyl (C=O) groups excluding carboxylic acids is 1. The van der Waals surface area contributed by atoms with Crippen LogP contribution in [0.1, 0.15) is 55.4 Å². The first-order valence-electron chi connectivity index (χ1n) is 15.1. The fourth-order valence-corrected chi connectivity index (χ4v) is 5.88. The maximum atomic E-state index is 14.1. The molecule has 13 nitrogen and oxygen atoms in total. The van der Waals surface area contributed by atoms with Crippen LogP contribution in [0.15, 0.2) is 30.7 Å². The number of nitrogens with one attached hydrogen (secondary N) is 3. The minimum Gasteiger partial charge on any atom is -0.465 e. The number of halogens is 1. The number of carbonyl (C=O) groups is 2. The van der Waals surface area contributed by atoms with Crippen molar-refractivity contribution in [1.82, 2.24) is 29.4 Å². The minimum atomic E-state index is -0.862. The Morgan fingerprint density at radius 1 is 1.05 bits per heavy atom. The van der Waals surface area contributed by atoms with Crippen LogP contribution in [0.4, 0.5) is 26.4 Å². The predicted octanol–water partition coefficient (Wildman–Crippen LogP) is 3.52. The fraction of sp³-hybridized carbons (Fsp3) is 0.552. The standard InChI is InChI=1S/C29H38FN9O4/c30-22-17-31-9-8-23(22)35-28(40)25-18-32-27-24(33-19-2-3-19)16-26(36-39(25)27)34-20-4-6-21(7-5-20)38(29(41)42)11-1-10-37-12-14-43-15-13-37/h8-9,16-21,33H,1-7,10-15H2,(H,34,36)(H,41,42)(H,31,35,40)/t20-,21-. The summed E-state index contributed by atoms with van der Waals surface area (Å²) in [6.07, 6.45) is 9.04. The van der Waals surface area contributed by atoms with Gasteiger partial charge in [0.15, 0.2) is 17.2 Å². The monoisotopic (exact) mass is 595 g/mol. The number of hydrogen-bond donors (Lipinski definition) is 4. The highest BCUT2D eigenvalue weighted by molar-refractivity contribution is 6.03. The van der Waals surface area contributed by atoms with E-state index in [-0.39, 0.29) is 23.5 Å². The van der Waals surface area contributed by atoms with Crippen molar-refractivity contribution < 1.29 is 23.8 Å². The quantitative estimate of drug-likeness (QED) is 0.259. The van der Waals surface area contributed by atoms with E-state index in [2.05, 4.69) is 35.9 Å². The molecule has 3 aromatic rings. The average molecular weight is 596 g/mol. The molecule has 2 aliphatic carbocycles. The zero-order chi connectivity index (χ0) is 29.8. The molecule has 2 amide bonds. The van der Waals surface area contributed by atoms with Gasteiger partial charge in [-0.05, 0) is 51.0 Å². The predicted molar refractivity (Wildman–Crippen MR) is 158 cm³/mol. The van der Waals surface area contributed by atoms with Gasteiger partial charge in [-0.2, -0.15) is 0 Å². The van der Waals surface area contributed by atoms with E-state index in [1.54, 1.807) is 4.90 Å². The summed E-state index contributed by atoms with van der Waals surface area (Å²) in [4.78, 5) is 37.3. The lowest BCUT2D eigenvalue weighted by molar-refractivity contribution is 0.0349. The zero-order valence-electron chi connectivity index (χ0n) is 24.0. The molecule has 4 N–H and O–H groups in total. The molecule has 0 bridgehead atoms. The molecule has 0 aromatic carbocycles. The van der Waals surface area contributed by atoms with Crippen LogP contribution < -0.4 is 16.0 Å². The number of nitrogens with zero attached hydrogens (tertiary/aromatic N) is 6. The Balaban J connectivity index is 1.11. The summed E-state index contributed by atoms with van der Waals surface area (Å²) in [7, 11) is 0. The Labute approximate surface area is 248 Å². The van der Waals surface area contributed by atoms with E-state index in [1.807, 2.05) is 6.07 Å². The van der Waals surface area contributed by atoms with E-state index in [0.717, 1.165) is 89.7 Å². The van der Waals surface area contributed by atoms with Gasteiger partial charge in [0.1, 0.15) is 5.82 Å². The number of ether oxygens (including phenoxy) is 1. The van der Waals surface area contributed by atoms with Crippen LogP contribution in [0.2, 0.25) is 0 Å². The Morgan fingerprint density at radius 3 is 2.51 bits per heavy atom. The van der Waals surface area contributed by atoms with Gasteiger partial charge in [0, 0.05) is 56.6 Å². The molecular weight excluding hydrogens is 557 g/mol. The second-order valence-corrected chi connectivity index (χ2v) is 11.5. The first-order chi connectivity index (χ1) is 20.9. The number of pyridine rings is 1. The summed E-state index contributed by atoms with van der Waals surface area (Å²) in [6.45, 7) is 4.67. The Morgan fingerprint density at radius 2 is 1.79 bits per heavy atom. The van der Waals surface area contributed by atoms with Crippen LogP contribution >= 0.6 is 0 Å². The van der Waals surface area contributed by atoms with E-state index in [9.17, 15) is 19.1 Å². The van der Waals surface area contributed by atoms with Crippen molar-refractivity contribution in [2.45, 2.75) is 63.1 Å². The molecule has 1 aliphatic heterocycles. The Hall–Kier alpha value is -4.04. The second-order valence-electron chi connectivity index (χ2n) is 11.5. The van der Waals surface area contributed by atoms with E-state index in [1.165, 1.54) is 23.0 Å². The number of amides is 2. The molecule has 0 atom stereocenters. The molecule has 4 heterocycles. The average Bonchev–Trinajstić information content (AvgIpc) is 3.72. The summed E-state index contributed by atoms with van der Waals surface area (Å²) in [5.74, 6) is -0.588. The number of morpholine rings is 1. The van der Waals surface area contributed by atoms with Gasteiger partial charge in [-0.25, -0.2) is 18.7 Å². The first kappa shape index (κ1) is 29.1. The van der Waals surface area contributed by atoms with Crippen LogP contribution in [-0.4, -0.2) is 104 Å². The van der Waals surface area contributed by atoms with Crippen molar-refractivity contribution in [3.63, 3.8) is 0 Å². The molecule has 1 saturated heterocycles. The number of carboxylic acid groups (broad SMARTS) is 1. The third kappa shape index (κ3) is 7.13. The zero-order valence-corrected chi connectivity index (χ0v) is 24.0. The molecule has 43 heavy (non-hydrogen) atoms. The third-order valence-electron chi connectivity index (χ3n) is 8.37. The largest absolute Gasteiger partial charge is 0.465 e. The number of imidazole rings is 1. The Kier molecular flexibility index (Phi) is 8.84. The summed E-state index contributed by atoms with van der Waals surface area (Å²) < 4.78 is 21.0. The first-order valence-corrected chi connectivity index (χ1v) is 15.1. The Bertz CT molecular complexity index is 1430. The van der Waals surface area contributed by atoms with Gasteiger partial charge in [0.25, 0.3) is 5.91 Å². The number of hydrogen-bond acceptors (Lipinski definition) is 9. The lowest BCUT2D eigenvalue weighted by Crippen LogP contribution is -2.45. The normalized spacial score (nSPS) is 21.0.